The summed E-state index contributed by atoms with van der Waals surface area (Å²) in [4.78, 5) is 9.18. The first-order chi connectivity index (χ1) is 15.6. The number of hydrogen-bond donors (Lipinski definition) is 4. The molecule has 0 fully saturated rings. The number of hydrogen-bond acceptors (Lipinski definition) is 4. The maximum Gasteiger partial charge on any atom is 0.434 e. The van der Waals surface area contributed by atoms with Crippen molar-refractivity contribution in [1.29, 1.82) is 0 Å². The normalized spacial score (nSPS) is 17.8. The number of nitrogens with two attached hydrogens (primary N) is 1. The van der Waals surface area contributed by atoms with Crippen LogP contribution in [0, 0.1) is 0 Å². The van der Waals surface area contributed by atoms with Crippen LogP contribution in [0.1, 0.15) is 23.0 Å². The Labute approximate surface area is 200 Å². The van der Waals surface area contributed by atoms with Gasteiger partial charge >= 0.3 is 6.18 Å². The van der Waals surface area contributed by atoms with Crippen LogP contribution < -0.4 is 15.2 Å². The highest BCUT2D eigenvalue weighted by molar-refractivity contribution is 7.80. The molecule has 13 heteroatoms. The third-order valence-corrected chi connectivity index (χ3v) is 6.55. The first-order valence-electron chi connectivity index (χ1n) is 10.0. The van der Waals surface area contributed by atoms with Gasteiger partial charge in [0.05, 0.1) is 11.1 Å². The van der Waals surface area contributed by atoms with Crippen molar-refractivity contribution in [2.45, 2.75) is 18.6 Å². The molecule has 0 aliphatic carbocycles. The molecule has 0 spiro atoms. The number of nitrogens with one attached hydrogen (secondary N) is 3. The fourth-order valence-electron chi connectivity index (χ4n) is 4.12. The van der Waals surface area contributed by atoms with Gasteiger partial charge in [0.15, 0.2) is 16.9 Å². The van der Waals surface area contributed by atoms with Crippen molar-refractivity contribution in [2.75, 3.05) is 31.5 Å². The monoisotopic (exact) mass is 520 g/mol. The van der Waals surface area contributed by atoms with Crippen molar-refractivity contribution in [1.82, 2.24) is 19.6 Å². The van der Waals surface area contributed by atoms with Gasteiger partial charge in [0.25, 0.3) is 0 Å². The van der Waals surface area contributed by atoms with Crippen molar-refractivity contribution < 1.29 is 17.4 Å². The van der Waals surface area contributed by atoms with Gasteiger partial charge in [-0.2, -0.15) is 13.2 Å². The molecule has 0 radical (unpaired) electrons. The highest BCUT2D eigenvalue weighted by Gasteiger charge is 2.35. The van der Waals surface area contributed by atoms with Gasteiger partial charge in [-0.05, 0) is 42.3 Å². The fraction of sp³-hybridized carbons (Fsp3) is 0.350. The lowest BCUT2D eigenvalue weighted by Gasteiger charge is -2.35. The van der Waals surface area contributed by atoms with E-state index in [0.29, 0.717) is 31.2 Å². The van der Waals surface area contributed by atoms with E-state index >= 15 is 0 Å². The lowest BCUT2D eigenvalue weighted by Crippen LogP contribution is -2.43. The average molecular weight is 521 g/mol. The topological polar surface area (TPSA) is 99.1 Å². The Morgan fingerprint density at radius 2 is 2.06 bits per heavy atom. The standard InChI is InChI=1S/C20H21Cl2F3N6OS/c21-11-1-3-15-13(9-11)12-5-7-31(16(18(12)29-15)10-28-33(26)32)8-6-27-17-4-2-14(22)19(30-17)20(23,24)25/h1-4,9,16,28-29H,5-8,10,26H2,(H,27,30). The molecule has 3 heterocycles. The molecule has 1 aliphatic heterocycles. The zero-order valence-electron chi connectivity index (χ0n) is 17.2. The fourth-order valence-corrected chi connectivity index (χ4v) is 4.82. The molecule has 1 aromatic carbocycles. The van der Waals surface area contributed by atoms with Gasteiger partial charge in [-0.25, -0.2) is 19.1 Å². The molecule has 7 nitrogen and oxygen atoms in total. The summed E-state index contributed by atoms with van der Waals surface area (Å²) in [6, 6.07) is 8.05. The molecule has 4 rings (SSSR count). The minimum absolute atomic E-state index is 0.0856. The van der Waals surface area contributed by atoms with E-state index in [1.807, 2.05) is 18.2 Å². The Hall–Kier alpha value is -1.89. The Kier molecular flexibility index (Phi) is 7.18. The molecular weight excluding hydrogens is 500 g/mol. The highest BCUT2D eigenvalue weighted by atomic mass is 35.5. The maximum absolute atomic E-state index is 13.1. The van der Waals surface area contributed by atoms with Crippen LogP contribution in [0.25, 0.3) is 10.9 Å². The molecule has 0 saturated heterocycles. The molecule has 2 unspecified atom stereocenters. The number of alkyl halides is 3. The smallest absolute Gasteiger partial charge is 0.369 e. The number of H-pyrrole nitrogens is 1. The molecule has 5 N–H and O–H groups in total. The van der Waals surface area contributed by atoms with Crippen LogP contribution in [0.3, 0.4) is 0 Å². The van der Waals surface area contributed by atoms with E-state index in [9.17, 15) is 17.4 Å². The van der Waals surface area contributed by atoms with Crippen molar-refractivity contribution in [3.05, 3.63) is 57.3 Å². The summed E-state index contributed by atoms with van der Waals surface area (Å²) in [5.41, 5.74) is 1.94. The van der Waals surface area contributed by atoms with Crippen molar-refractivity contribution >= 4 is 51.1 Å². The van der Waals surface area contributed by atoms with Gasteiger partial charge in [-0.15, -0.1) is 0 Å². The summed E-state index contributed by atoms with van der Waals surface area (Å²) in [5.74, 6) is 0.0856. The van der Waals surface area contributed by atoms with Crippen LogP contribution in [0.2, 0.25) is 10.0 Å². The summed E-state index contributed by atoms with van der Waals surface area (Å²) in [6.45, 7) is 1.87. The van der Waals surface area contributed by atoms with E-state index in [4.69, 9.17) is 28.3 Å². The summed E-state index contributed by atoms with van der Waals surface area (Å²) in [5, 5.41) is 9.56. The summed E-state index contributed by atoms with van der Waals surface area (Å²) < 4.78 is 53.4. The lowest BCUT2D eigenvalue weighted by molar-refractivity contribution is -0.141. The molecule has 0 bridgehead atoms. The Morgan fingerprint density at radius 1 is 1.27 bits per heavy atom. The molecule has 33 heavy (non-hydrogen) atoms. The van der Waals surface area contributed by atoms with Gasteiger partial charge in [0.2, 0.25) is 0 Å². The van der Waals surface area contributed by atoms with Crippen molar-refractivity contribution in [3.8, 4) is 0 Å². The van der Waals surface area contributed by atoms with Crippen LogP contribution in [0.4, 0.5) is 19.0 Å². The molecule has 1 aliphatic rings. The maximum atomic E-state index is 13.1. The van der Waals surface area contributed by atoms with Gasteiger partial charge < -0.3 is 10.3 Å². The van der Waals surface area contributed by atoms with E-state index in [-0.39, 0.29) is 11.9 Å². The van der Waals surface area contributed by atoms with Gasteiger partial charge in [-0.3, -0.25) is 4.90 Å². The van der Waals surface area contributed by atoms with Crippen molar-refractivity contribution in [2.24, 2.45) is 5.14 Å². The largest absolute Gasteiger partial charge is 0.434 e. The second-order valence-corrected chi connectivity index (χ2v) is 9.33. The number of rotatable bonds is 7. The van der Waals surface area contributed by atoms with Gasteiger partial charge in [0, 0.05) is 47.8 Å². The molecular formula is C20H21Cl2F3N6OS. The second-order valence-electron chi connectivity index (χ2n) is 7.61. The Bertz CT molecular complexity index is 1190. The first kappa shape index (κ1) is 24.2. The number of benzene rings is 1. The molecule has 178 valence electrons. The number of fused-ring (bicyclic) bond motifs is 3. The third-order valence-electron chi connectivity index (χ3n) is 5.56. The van der Waals surface area contributed by atoms with Crippen LogP contribution in [-0.2, 0) is 23.8 Å². The number of anilines is 1. The Balaban J connectivity index is 1.51. The second kappa shape index (κ2) is 9.77. The summed E-state index contributed by atoms with van der Waals surface area (Å²) in [6.07, 6.45) is -3.87. The van der Waals surface area contributed by atoms with E-state index in [1.165, 1.54) is 12.1 Å². The SMILES string of the molecule is NS(=O)NCC1c2[nH]c3ccc(Cl)cc3c2CCN1CCNc1ccc(Cl)c(C(F)(F)F)n1. The molecule has 2 atom stereocenters. The number of aromatic nitrogens is 2. The first-order valence-corrected chi connectivity index (χ1v) is 12.0. The molecule has 3 aromatic rings. The van der Waals surface area contributed by atoms with Gasteiger partial charge in [-0.1, -0.05) is 23.2 Å². The average Bonchev–Trinajstić information content (AvgIpc) is 3.11. The minimum Gasteiger partial charge on any atom is -0.369 e. The number of nitrogens with zero attached hydrogens (tertiary/aromatic N) is 2. The number of aromatic amines is 1. The van der Waals surface area contributed by atoms with Crippen molar-refractivity contribution in [3.63, 3.8) is 0 Å². The lowest BCUT2D eigenvalue weighted by atomic mass is 9.97. The Morgan fingerprint density at radius 3 is 2.79 bits per heavy atom. The van der Waals surface area contributed by atoms with Crippen LogP contribution in [0.5, 0.6) is 0 Å². The summed E-state index contributed by atoms with van der Waals surface area (Å²) >= 11 is 10.1. The zero-order valence-corrected chi connectivity index (χ0v) is 19.5. The number of pyridine rings is 1. The van der Waals surface area contributed by atoms with Crippen LogP contribution in [0.15, 0.2) is 30.3 Å². The van der Waals surface area contributed by atoms with Crippen LogP contribution >= 0.6 is 23.2 Å². The van der Waals surface area contributed by atoms with E-state index in [1.54, 1.807) is 0 Å². The molecule has 0 saturated carbocycles. The minimum atomic E-state index is -4.63. The predicted molar refractivity (Wildman–Crippen MR) is 124 cm³/mol. The molecule has 2 aromatic heterocycles. The molecule has 0 amide bonds. The van der Waals surface area contributed by atoms with E-state index < -0.39 is 28.1 Å². The zero-order chi connectivity index (χ0) is 23.8. The highest BCUT2D eigenvalue weighted by Crippen LogP contribution is 2.36. The number of halogens is 5. The summed E-state index contributed by atoms with van der Waals surface area (Å²) in [7, 11) is 0. The van der Waals surface area contributed by atoms with Crippen LogP contribution in [-0.4, -0.2) is 45.3 Å². The van der Waals surface area contributed by atoms with E-state index in [2.05, 4.69) is 24.9 Å². The third kappa shape index (κ3) is 5.44. The van der Waals surface area contributed by atoms with E-state index in [0.717, 1.165) is 28.6 Å². The quantitative estimate of drug-likeness (QED) is 0.378. The van der Waals surface area contributed by atoms with Gasteiger partial charge in [0.1, 0.15) is 5.82 Å². The predicted octanol–water partition coefficient (Wildman–Crippen LogP) is 4.03.